The molecule has 0 spiro atoms. The van der Waals surface area contributed by atoms with Gasteiger partial charge in [0.05, 0.1) is 0 Å². The lowest BCUT2D eigenvalue weighted by atomic mass is 9.91. The van der Waals surface area contributed by atoms with Crippen LogP contribution >= 0.6 is 31.9 Å². The fourth-order valence-electron chi connectivity index (χ4n) is 2.18. The predicted octanol–water partition coefficient (Wildman–Crippen LogP) is 4.50. The third-order valence-corrected chi connectivity index (χ3v) is 4.71. The van der Waals surface area contributed by atoms with Crippen LogP contribution in [0.15, 0.2) is 22.7 Å². The van der Waals surface area contributed by atoms with Gasteiger partial charge in [-0.05, 0) is 29.7 Å². The maximum Gasteiger partial charge on any atom is 0.127 e. The molecule has 18 heavy (non-hydrogen) atoms. The molecule has 0 N–H and O–H groups in total. The van der Waals surface area contributed by atoms with Crippen LogP contribution in [0.25, 0.3) is 0 Å². The highest BCUT2D eigenvalue weighted by Crippen LogP contribution is 2.37. The molecule has 0 radical (unpaired) electrons. The Kier molecular flexibility index (Phi) is 4.73. The minimum absolute atomic E-state index is 0.147. The second kappa shape index (κ2) is 5.93. The molecule has 4 heteroatoms. The molecule has 0 amide bonds. The van der Waals surface area contributed by atoms with Crippen molar-refractivity contribution in [2.45, 2.75) is 43.2 Å². The third-order valence-electron chi connectivity index (χ3n) is 3.32. The van der Waals surface area contributed by atoms with Crippen molar-refractivity contribution in [3.05, 3.63) is 28.2 Å². The molecular weight excluding hydrogens is 360 g/mol. The molecule has 1 aliphatic rings. The summed E-state index contributed by atoms with van der Waals surface area (Å²) in [4.78, 5) is 0.408. The van der Waals surface area contributed by atoms with Crippen molar-refractivity contribution in [2.75, 3.05) is 7.11 Å². The Morgan fingerprint density at radius 1 is 1.33 bits per heavy atom. The van der Waals surface area contributed by atoms with Crippen molar-refractivity contribution in [3.63, 3.8) is 0 Å². The zero-order chi connectivity index (χ0) is 13.3. The van der Waals surface area contributed by atoms with E-state index in [1.54, 1.807) is 7.11 Å². The highest BCUT2D eigenvalue weighted by Gasteiger charge is 2.42. The summed E-state index contributed by atoms with van der Waals surface area (Å²) in [6.07, 6.45) is 1.29. The number of benzene rings is 1. The number of ether oxygens (including phenoxy) is 2. The first kappa shape index (κ1) is 14.4. The van der Waals surface area contributed by atoms with E-state index in [0.29, 0.717) is 10.7 Å². The van der Waals surface area contributed by atoms with E-state index in [1.807, 2.05) is 12.1 Å². The third kappa shape index (κ3) is 2.91. The standard InChI is InChI=1S/C14H18Br2O2/c1-8(2)10-6-9(15)4-5-12(10)18-13-7-11(16)14(13)17-3/h4-6,8,11,13-14H,7H2,1-3H3. The molecule has 1 fully saturated rings. The zero-order valence-corrected chi connectivity index (χ0v) is 14.0. The predicted molar refractivity (Wildman–Crippen MR) is 80.8 cm³/mol. The van der Waals surface area contributed by atoms with Crippen LogP contribution in [-0.4, -0.2) is 24.1 Å². The van der Waals surface area contributed by atoms with Crippen molar-refractivity contribution in [2.24, 2.45) is 0 Å². The van der Waals surface area contributed by atoms with Gasteiger partial charge in [-0.3, -0.25) is 0 Å². The quantitative estimate of drug-likeness (QED) is 0.719. The Balaban J connectivity index is 2.14. The molecule has 0 saturated heterocycles. The highest BCUT2D eigenvalue weighted by atomic mass is 79.9. The highest BCUT2D eigenvalue weighted by molar-refractivity contribution is 9.10. The Morgan fingerprint density at radius 3 is 2.61 bits per heavy atom. The summed E-state index contributed by atoms with van der Waals surface area (Å²) in [6, 6.07) is 6.19. The molecule has 0 aromatic heterocycles. The van der Waals surface area contributed by atoms with Gasteiger partial charge in [0, 0.05) is 22.8 Å². The number of alkyl halides is 1. The maximum absolute atomic E-state index is 6.10. The van der Waals surface area contributed by atoms with Gasteiger partial charge in [-0.25, -0.2) is 0 Å². The second-order valence-corrected chi connectivity index (χ2v) is 7.04. The van der Waals surface area contributed by atoms with E-state index in [2.05, 4.69) is 51.8 Å². The van der Waals surface area contributed by atoms with Gasteiger partial charge in [0.25, 0.3) is 0 Å². The molecular formula is C14H18Br2O2. The SMILES string of the molecule is COC1C(Br)CC1Oc1ccc(Br)cc1C(C)C. The fourth-order valence-corrected chi connectivity index (χ4v) is 3.49. The molecule has 0 aliphatic heterocycles. The fraction of sp³-hybridized carbons (Fsp3) is 0.571. The van der Waals surface area contributed by atoms with Crippen LogP contribution in [0.5, 0.6) is 5.75 Å². The maximum atomic E-state index is 6.10. The first-order valence-electron chi connectivity index (χ1n) is 6.16. The van der Waals surface area contributed by atoms with Crippen LogP contribution in [0, 0.1) is 0 Å². The lowest BCUT2D eigenvalue weighted by molar-refractivity contribution is -0.0549. The summed E-state index contributed by atoms with van der Waals surface area (Å²) < 4.78 is 12.6. The molecule has 1 aromatic rings. The van der Waals surface area contributed by atoms with Crippen molar-refractivity contribution >= 4 is 31.9 Å². The van der Waals surface area contributed by atoms with Crippen molar-refractivity contribution < 1.29 is 9.47 Å². The molecule has 1 aliphatic carbocycles. The lowest BCUT2D eigenvalue weighted by Gasteiger charge is -2.40. The van der Waals surface area contributed by atoms with Gasteiger partial charge in [0.1, 0.15) is 18.0 Å². The van der Waals surface area contributed by atoms with Gasteiger partial charge in [0.15, 0.2) is 0 Å². The van der Waals surface area contributed by atoms with Gasteiger partial charge < -0.3 is 9.47 Å². The van der Waals surface area contributed by atoms with Crippen LogP contribution < -0.4 is 4.74 Å². The number of methoxy groups -OCH3 is 1. The Bertz CT molecular complexity index is 420. The second-order valence-electron chi connectivity index (χ2n) is 4.95. The van der Waals surface area contributed by atoms with Crippen molar-refractivity contribution in [1.82, 2.24) is 0 Å². The first-order chi connectivity index (χ1) is 8.52. The number of hydrogen-bond donors (Lipinski definition) is 0. The molecule has 3 unspecified atom stereocenters. The lowest BCUT2D eigenvalue weighted by Crippen LogP contribution is -2.52. The molecule has 0 bridgehead atoms. The van der Waals surface area contributed by atoms with Crippen LogP contribution in [0.4, 0.5) is 0 Å². The number of halogens is 2. The van der Waals surface area contributed by atoms with E-state index in [-0.39, 0.29) is 12.2 Å². The van der Waals surface area contributed by atoms with E-state index in [9.17, 15) is 0 Å². The van der Waals surface area contributed by atoms with E-state index in [4.69, 9.17) is 9.47 Å². The topological polar surface area (TPSA) is 18.5 Å². The van der Waals surface area contributed by atoms with Gasteiger partial charge in [-0.2, -0.15) is 0 Å². The molecule has 2 rings (SSSR count). The molecule has 2 nitrogen and oxygen atoms in total. The average molecular weight is 378 g/mol. The van der Waals surface area contributed by atoms with Gasteiger partial charge >= 0.3 is 0 Å². The largest absolute Gasteiger partial charge is 0.487 e. The van der Waals surface area contributed by atoms with E-state index >= 15 is 0 Å². The Morgan fingerprint density at radius 2 is 2.06 bits per heavy atom. The van der Waals surface area contributed by atoms with Crippen molar-refractivity contribution in [3.8, 4) is 5.75 Å². The first-order valence-corrected chi connectivity index (χ1v) is 7.86. The average Bonchev–Trinajstić information content (AvgIpc) is 2.30. The number of hydrogen-bond acceptors (Lipinski definition) is 2. The molecule has 1 aromatic carbocycles. The molecule has 0 heterocycles. The molecule has 100 valence electrons. The number of rotatable bonds is 4. The van der Waals surface area contributed by atoms with Crippen molar-refractivity contribution in [1.29, 1.82) is 0 Å². The summed E-state index contributed by atoms with van der Waals surface area (Å²) in [7, 11) is 1.74. The minimum Gasteiger partial charge on any atom is -0.487 e. The van der Waals surface area contributed by atoms with Gasteiger partial charge in [-0.15, -0.1) is 0 Å². The van der Waals surface area contributed by atoms with E-state index in [0.717, 1.165) is 16.6 Å². The monoisotopic (exact) mass is 376 g/mol. The van der Waals surface area contributed by atoms with Gasteiger partial charge in [0.2, 0.25) is 0 Å². The Labute approximate surface area is 125 Å². The summed E-state index contributed by atoms with van der Waals surface area (Å²) in [5.41, 5.74) is 1.23. The van der Waals surface area contributed by atoms with Crippen LogP contribution in [-0.2, 0) is 4.74 Å². The Hall–Kier alpha value is -0.0600. The van der Waals surface area contributed by atoms with E-state index < -0.39 is 0 Å². The van der Waals surface area contributed by atoms with Crippen LogP contribution in [0.2, 0.25) is 0 Å². The zero-order valence-electron chi connectivity index (χ0n) is 10.8. The summed E-state index contributed by atoms with van der Waals surface area (Å²) >= 11 is 7.10. The van der Waals surface area contributed by atoms with E-state index in [1.165, 1.54) is 5.56 Å². The molecule has 3 atom stereocenters. The normalized spacial score (nSPS) is 27.1. The summed E-state index contributed by atoms with van der Waals surface area (Å²) in [5.74, 6) is 1.41. The molecule has 1 saturated carbocycles. The van der Waals surface area contributed by atoms with Crippen LogP contribution in [0.3, 0.4) is 0 Å². The van der Waals surface area contributed by atoms with Crippen LogP contribution in [0.1, 0.15) is 31.7 Å². The smallest absolute Gasteiger partial charge is 0.127 e. The summed E-state index contributed by atoms with van der Waals surface area (Å²) in [5, 5.41) is 0. The van der Waals surface area contributed by atoms with Gasteiger partial charge in [-0.1, -0.05) is 45.7 Å². The minimum atomic E-state index is 0.147. The summed E-state index contributed by atoms with van der Waals surface area (Å²) in [6.45, 7) is 4.35.